The van der Waals surface area contributed by atoms with Crippen molar-refractivity contribution in [3.8, 4) is 11.8 Å². The van der Waals surface area contributed by atoms with E-state index in [9.17, 15) is 20.0 Å². The predicted molar refractivity (Wildman–Crippen MR) is 156 cm³/mol. The van der Waals surface area contributed by atoms with Gasteiger partial charge in [-0.15, -0.1) is 0 Å². The van der Waals surface area contributed by atoms with Gasteiger partial charge in [0.1, 0.15) is 22.8 Å². The molecule has 4 atom stereocenters. The number of rotatable bonds is 7. The Morgan fingerprint density at radius 3 is 2.45 bits per heavy atom. The second-order valence-electron chi connectivity index (χ2n) is 11.4. The molecule has 1 amide bonds. The fraction of sp³-hybridized carbons (Fsp3) is 0.323. The zero-order valence-electron chi connectivity index (χ0n) is 23.3. The summed E-state index contributed by atoms with van der Waals surface area (Å²) in [6, 6.07) is 12.3. The minimum absolute atomic E-state index is 0.0424. The van der Waals surface area contributed by atoms with Gasteiger partial charge in [0.2, 0.25) is 5.91 Å². The van der Waals surface area contributed by atoms with Crippen molar-refractivity contribution in [3.05, 3.63) is 93.0 Å². The molecule has 0 unspecified atom stereocenters. The van der Waals surface area contributed by atoms with E-state index in [1.807, 2.05) is 20.8 Å². The van der Waals surface area contributed by atoms with Crippen LogP contribution in [0.5, 0.6) is 5.75 Å². The van der Waals surface area contributed by atoms with Gasteiger partial charge in [-0.1, -0.05) is 62.2 Å². The molecule has 1 aliphatic heterocycles. The maximum absolute atomic E-state index is 15.8. The van der Waals surface area contributed by atoms with Crippen molar-refractivity contribution in [1.29, 1.82) is 5.26 Å². The largest absolute Gasteiger partial charge is 0.495 e. The first-order valence-electron chi connectivity index (χ1n) is 13.0. The molecule has 220 valence electrons. The highest BCUT2D eigenvalue weighted by molar-refractivity contribution is 6.31. The van der Waals surface area contributed by atoms with Crippen molar-refractivity contribution in [3.63, 3.8) is 0 Å². The molecule has 3 N–H and O–H groups in total. The second kappa shape index (κ2) is 11.9. The molecular weight excluding hydrogens is 587 g/mol. The van der Waals surface area contributed by atoms with Gasteiger partial charge in [-0.3, -0.25) is 4.79 Å². The van der Waals surface area contributed by atoms with Crippen molar-refractivity contribution in [2.75, 3.05) is 12.4 Å². The van der Waals surface area contributed by atoms with E-state index in [1.165, 1.54) is 55.6 Å². The van der Waals surface area contributed by atoms with Gasteiger partial charge in [0.05, 0.1) is 35.5 Å². The van der Waals surface area contributed by atoms with Gasteiger partial charge < -0.3 is 20.5 Å². The number of amides is 1. The van der Waals surface area contributed by atoms with Crippen LogP contribution in [0.15, 0.2) is 54.6 Å². The number of carboxylic acids is 1. The van der Waals surface area contributed by atoms with E-state index < -0.39 is 52.3 Å². The van der Waals surface area contributed by atoms with Crippen molar-refractivity contribution in [2.45, 2.75) is 50.6 Å². The third-order valence-electron chi connectivity index (χ3n) is 7.44. The second-order valence-corrected chi connectivity index (χ2v) is 12.2. The summed E-state index contributed by atoms with van der Waals surface area (Å²) in [5, 5.41) is 26.1. The number of methoxy groups -OCH3 is 1. The fourth-order valence-corrected chi connectivity index (χ4v) is 6.04. The number of carboxylic acid groups (broad SMARTS) is 1. The Kier molecular flexibility index (Phi) is 8.84. The number of nitrogens with one attached hydrogen (secondary N) is 2. The summed E-state index contributed by atoms with van der Waals surface area (Å²) in [5.41, 5.74) is -2.18. The Balaban J connectivity index is 1.95. The number of carbonyl (C=O) groups excluding carboxylic acids is 1. The first-order chi connectivity index (χ1) is 19.7. The maximum atomic E-state index is 15.8. The Labute approximate surface area is 252 Å². The lowest BCUT2D eigenvalue weighted by atomic mass is 9.62. The van der Waals surface area contributed by atoms with Crippen LogP contribution >= 0.6 is 23.2 Å². The zero-order valence-corrected chi connectivity index (χ0v) is 24.8. The minimum atomic E-state index is -1.78. The number of carbonyl (C=O) groups is 2. The monoisotopic (exact) mass is 615 g/mol. The topological polar surface area (TPSA) is 111 Å². The van der Waals surface area contributed by atoms with Crippen molar-refractivity contribution in [1.82, 2.24) is 5.32 Å². The molecule has 4 rings (SSSR count). The maximum Gasteiger partial charge on any atom is 0.335 e. The Morgan fingerprint density at radius 2 is 1.86 bits per heavy atom. The van der Waals surface area contributed by atoms with Gasteiger partial charge in [-0.2, -0.15) is 5.26 Å². The van der Waals surface area contributed by atoms with E-state index in [1.54, 1.807) is 0 Å². The summed E-state index contributed by atoms with van der Waals surface area (Å²) in [6.07, 6.45) is 0.307. The number of hydrogen-bond donors (Lipinski definition) is 3. The van der Waals surface area contributed by atoms with Crippen LogP contribution in [-0.2, 0) is 10.2 Å². The molecule has 1 fully saturated rings. The fourth-order valence-electron chi connectivity index (χ4n) is 5.69. The number of nitriles is 1. The summed E-state index contributed by atoms with van der Waals surface area (Å²) in [5.74, 6) is -4.65. The van der Waals surface area contributed by atoms with E-state index in [4.69, 9.17) is 27.9 Å². The van der Waals surface area contributed by atoms with Gasteiger partial charge >= 0.3 is 5.97 Å². The van der Waals surface area contributed by atoms with E-state index in [0.717, 1.165) is 6.07 Å². The van der Waals surface area contributed by atoms with Gasteiger partial charge in [-0.25, -0.2) is 13.6 Å². The number of anilines is 1. The minimum Gasteiger partial charge on any atom is -0.495 e. The first-order valence-corrected chi connectivity index (χ1v) is 13.8. The molecule has 0 aliphatic carbocycles. The molecule has 1 aliphatic rings. The average molecular weight is 616 g/mol. The standard InChI is InChI=1S/C31H29Cl2F2N3O4/c1-30(2,3)14-24-31(15-36,19-10-9-17(32)13-21(19)34)25(18-6-5-7-20(33)26(18)35)27(38-24)28(39)37-22-11-8-16(29(40)41)12-23(22)42-4/h5-13,24-25,27,38H,14H2,1-4H3,(H,37,39)(H,40,41)/t24-,25+,27-,31-/m1/s1. The molecule has 0 spiro atoms. The van der Waals surface area contributed by atoms with Crippen molar-refractivity contribution >= 4 is 40.8 Å². The molecule has 7 nitrogen and oxygen atoms in total. The van der Waals surface area contributed by atoms with Crippen LogP contribution in [0.2, 0.25) is 10.0 Å². The first kappa shape index (κ1) is 31.2. The number of benzene rings is 3. The van der Waals surface area contributed by atoms with Crippen LogP contribution in [-0.4, -0.2) is 36.2 Å². The molecule has 0 radical (unpaired) electrons. The molecule has 1 saturated heterocycles. The van der Waals surface area contributed by atoms with Crippen molar-refractivity contribution in [2.24, 2.45) is 5.41 Å². The third kappa shape index (κ3) is 5.80. The molecule has 3 aromatic carbocycles. The number of ether oxygens (including phenoxy) is 1. The van der Waals surface area contributed by atoms with E-state index >= 15 is 8.78 Å². The average Bonchev–Trinajstić information content (AvgIpc) is 3.23. The highest BCUT2D eigenvalue weighted by atomic mass is 35.5. The number of nitrogens with zero attached hydrogens (tertiary/aromatic N) is 1. The summed E-state index contributed by atoms with van der Waals surface area (Å²) in [6.45, 7) is 5.81. The Morgan fingerprint density at radius 1 is 1.14 bits per heavy atom. The van der Waals surface area contributed by atoms with E-state index in [-0.39, 0.29) is 38.2 Å². The molecule has 42 heavy (non-hydrogen) atoms. The van der Waals surface area contributed by atoms with Gasteiger partial charge in [0.25, 0.3) is 0 Å². The van der Waals surface area contributed by atoms with Gasteiger partial charge in [0.15, 0.2) is 0 Å². The van der Waals surface area contributed by atoms with Crippen LogP contribution in [0.4, 0.5) is 14.5 Å². The molecule has 11 heteroatoms. The molecule has 3 aromatic rings. The number of hydrogen-bond acceptors (Lipinski definition) is 5. The zero-order chi connectivity index (χ0) is 31.0. The number of aromatic carboxylic acids is 1. The summed E-state index contributed by atoms with van der Waals surface area (Å²) < 4.78 is 36.8. The third-order valence-corrected chi connectivity index (χ3v) is 7.96. The van der Waals surface area contributed by atoms with Crippen LogP contribution in [0.3, 0.4) is 0 Å². The summed E-state index contributed by atoms with van der Waals surface area (Å²) in [7, 11) is 1.32. The Hall–Kier alpha value is -3.71. The molecule has 0 aromatic heterocycles. The lowest BCUT2D eigenvalue weighted by molar-refractivity contribution is -0.118. The van der Waals surface area contributed by atoms with Crippen molar-refractivity contribution < 1.29 is 28.2 Å². The Bertz CT molecular complexity index is 1590. The molecule has 1 heterocycles. The van der Waals surface area contributed by atoms with Crippen LogP contribution < -0.4 is 15.4 Å². The lowest BCUT2D eigenvalue weighted by Crippen LogP contribution is -2.45. The predicted octanol–water partition coefficient (Wildman–Crippen LogP) is 6.94. The lowest BCUT2D eigenvalue weighted by Gasteiger charge is -2.37. The smallest absolute Gasteiger partial charge is 0.335 e. The van der Waals surface area contributed by atoms with E-state index in [0.29, 0.717) is 6.42 Å². The molecular formula is C31H29Cl2F2N3O4. The SMILES string of the molecule is COc1cc(C(=O)O)ccc1NC(=O)[C@@H]1N[C@H](CC(C)(C)C)[C@@](C#N)(c2ccc(Cl)cc2F)[C@H]1c1cccc(Cl)c1F. The van der Waals surface area contributed by atoms with Crippen LogP contribution in [0, 0.1) is 28.4 Å². The van der Waals surface area contributed by atoms with Gasteiger partial charge in [0, 0.05) is 22.5 Å². The van der Waals surface area contributed by atoms with Crippen LogP contribution in [0.25, 0.3) is 0 Å². The van der Waals surface area contributed by atoms with Crippen LogP contribution in [0.1, 0.15) is 54.6 Å². The molecule has 0 saturated carbocycles. The summed E-state index contributed by atoms with van der Waals surface area (Å²) in [4.78, 5) is 25.5. The van der Waals surface area contributed by atoms with Gasteiger partial charge in [-0.05, 0) is 53.8 Å². The normalized spacial score (nSPS) is 21.9. The quantitative estimate of drug-likeness (QED) is 0.265. The highest BCUT2D eigenvalue weighted by Gasteiger charge is 2.61. The number of halogens is 4. The summed E-state index contributed by atoms with van der Waals surface area (Å²) >= 11 is 12.2. The highest BCUT2D eigenvalue weighted by Crippen LogP contribution is 2.53. The molecule has 0 bridgehead atoms. The van der Waals surface area contributed by atoms with E-state index in [2.05, 4.69) is 16.7 Å².